The van der Waals surface area contributed by atoms with E-state index in [1.165, 1.54) is 0 Å². The summed E-state index contributed by atoms with van der Waals surface area (Å²) in [4.78, 5) is 80.1. The first-order valence-electron chi connectivity index (χ1n) is 13.6. The number of hydrogen-bond acceptors (Lipinski definition) is 9. The number of primary amides is 2. The standard InChI is InChI=1S/C18H25N3O5.C10H19N3O3/c1-3-12(2)15(22)10-20-17(24)14(9-16(19)23)21-18(25)26-11-13-7-5-4-6-8-13;1-3-6(2)8(14)5-13-10(16)7(11)4-9(12)15/h4-8,12,14H,3,9-11H2,1-2H3,(H2,19,23)(H,20,24)(H,21,25);6-7H,3-5,11H2,1-2H3,(H2,12,15)(H,13,16)/t12-,14-;6-,7-/m00/s1. The van der Waals surface area contributed by atoms with Gasteiger partial charge in [-0.05, 0) is 18.4 Å². The molecule has 1 aromatic rings. The lowest BCUT2D eigenvalue weighted by atomic mass is 10.0. The molecule has 234 valence electrons. The number of rotatable bonds is 17. The van der Waals surface area contributed by atoms with Crippen LogP contribution in [0, 0.1) is 11.8 Å². The van der Waals surface area contributed by atoms with Crippen LogP contribution < -0.4 is 33.2 Å². The maximum atomic E-state index is 12.2. The molecule has 0 radical (unpaired) electrons. The summed E-state index contributed by atoms with van der Waals surface area (Å²) in [5.41, 5.74) is 16.2. The first kappa shape index (κ1) is 37.7. The second kappa shape index (κ2) is 20.5. The third-order valence-corrected chi connectivity index (χ3v) is 6.18. The minimum atomic E-state index is -1.21. The van der Waals surface area contributed by atoms with Gasteiger partial charge in [-0.15, -0.1) is 0 Å². The molecule has 9 N–H and O–H groups in total. The van der Waals surface area contributed by atoms with E-state index in [1.54, 1.807) is 38.1 Å². The van der Waals surface area contributed by atoms with Crippen molar-refractivity contribution in [2.24, 2.45) is 29.0 Å². The van der Waals surface area contributed by atoms with Crippen LogP contribution in [-0.2, 0) is 40.1 Å². The Kier molecular flexibility index (Phi) is 18.4. The van der Waals surface area contributed by atoms with Crippen LogP contribution in [0.15, 0.2) is 30.3 Å². The van der Waals surface area contributed by atoms with Crippen LogP contribution >= 0.6 is 0 Å². The summed E-state index contributed by atoms with van der Waals surface area (Å²) in [5, 5.41) is 7.10. The average Bonchev–Trinajstić information content (AvgIpc) is 2.96. The first-order valence-corrected chi connectivity index (χ1v) is 13.6. The van der Waals surface area contributed by atoms with Crippen molar-refractivity contribution in [2.45, 2.75) is 72.1 Å². The predicted molar refractivity (Wildman–Crippen MR) is 154 cm³/mol. The lowest BCUT2D eigenvalue weighted by molar-refractivity contribution is -0.129. The molecule has 14 nitrogen and oxygen atoms in total. The summed E-state index contributed by atoms with van der Waals surface area (Å²) in [7, 11) is 0. The molecule has 0 spiro atoms. The molecule has 42 heavy (non-hydrogen) atoms. The van der Waals surface area contributed by atoms with Crippen molar-refractivity contribution in [1.82, 2.24) is 16.0 Å². The van der Waals surface area contributed by atoms with Crippen LogP contribution in [0.2, 0.25) is 0 Å². The topological polar surface area (TPSA) is 243 Å². The summed E-state index contributed by atoms with van der Waals surface area (Å²) in [6, 6.07) is 6.80. The van der Waals surface area contributed by atoms with Gasteiger partial charge in [-0.1, -0.05) is 58.0 Å². The Balaban J connectivity index is 0.000000903. The van der Waals surface area contributed by atoms with Gasteiger partial charge in [0.25, 0.3) is 0 Å². The molecule has 0 aliphatic rings. The summed E-state index contributed by atoms with van der Waals surface area (Å²) in [6.45, 7) is 7.09. The van der Waals surface area contributed by atoms with Gasteiger partial charge in [-0.25, -0.2) is 4.79 Å². The molecule has 5 amide bonds. The minimum absolute atomic E-state index is 0.0179. The van der Waals surface area contributed by atoms with Crippen LogP contribution in [0.3, 0.4) is 0 Å². The summed E-state index contributed by atoms with van der Waals surface area (Å²) in [6.07, 6.45) is -0.0953. The number of nitrogens with two attached hydrogens (primary N) is 3. The van der Waals surface area contributed by atoms with Gasteiger partial charge in [0.1, 0.15) is 12.6 Å². The van der Waals surface area contributed by atoms with Gasteiger partial charge >= 0.3 is 6.09 Å². The number of alkyl carbamates (subject to hydrolysis) is 1. The molecular formula is C28H44N6O8. The molecule has 1 rings (SSSR count). The van der Waals surface area contributed by atoms with Gasteiger partial charge in [-0.3, -0.25) is 28.8 Å². The molecule has 1 aromatic carbocycles. The third kappa shape index (κ3) is 16.7. The van der Waals surface area contributed by atoms with Crippen molar-refractivity contribution >= 4 is 41.3 Å². The number of nitrogens with one attached hydrogen (secondary N) is 3. The SMILES string of the molecule is CC[C@H](C)C(=O)CNC(=O)[C@@H](N)CC(N)=O.CC[C@H](C)C(=O)CNC(=O)[C@H](CC(N)=O)NC(=O)OCc1ccccc1. The maximum Gasteiger partial charge on any atom is 0.408 e. The fraction of sp³-hybridized carbons (Fsp3) is 0.536. The zero-order valence-corrected chi connectivity index (χ0v) is 24.6. The highest BCUT2D eigenvalue weighted by molar-refractivity contribution is 5.93. The van der Waals surface area contributed by atoms with Gasteiger partial charge < -0.3 is 37.9 Å². The molecule has 0 saturated carbocycles. The second-order valence-electron chi connectivity index (χ2n) is 9.69. The smallest absolute Gasteiger partial charge is 0.408 e. The monoisotopic (exact) mass is 592 g/mol. The molecule has 0 aliphatic carbocycles. The fourth-order valence-electron chi connectivity index (χ4n) is 3.03. The average molecular weight is 593 g/mol. The lowest BCUT2D eigenvalue weighted by Gasteiger charge is -2.17. The Hall–Kier alpha value is -4.33. The van der Waals surface area contributed by atoms with E-state index >= 15 is 0 Å². The summed E-state index contributed by atoms with van der Waals surface area (Å²) >= 11 is 0. The second-order valence-corrected chi connectivity index (χ2v) is 9.69. The number of carbonyl (C=O) groups is 7. The number of ether oxygens (including phenoxy) is 1. The molecule has 0 aliphatic heterocycles. The number of carbonyl (C=O) groups excluding carboxylic acids is 7. The summed E-state index contributed by atoms with van der Waals surface area (Å²) in [5.74, 6) is -3.07. The number of benzene rings is 1. The highest BCUT2D eigenvalue weighted by atomic mass is 16.5. The largest absolute Gasteiger partial charge is 0.445 e. The van der Waals surface area contributed by atoms with E-state index in [0.717, 1.165) is 12.0 Å². The van der Waals surface area contributed by atoms with E-state index in [-0.39, 0.29) is 49.5 Å². The molecule has 0 heterocycles. The van der Waals surface area contributed by atoms with E-state index in [1.807, 2.05) is 19.9 Å². The predicted octanol–water partition coefficient (Wildman–Crippen LogP) is -0.191. The van der Waals surface area contributed by atoms with Crippen LogP contribution in [-0.4, -0.2) is 66.5 Å². The van der Waals surface area contributed by atoms with E-state index in [4.69, 9.17) is 21.9 Å². The molecule has 4 atom stereocenters. The van der Waals surface area contributed by atoms with Crippen molar-refractivity contribution in [3.05, 3.63) is 35.9 Å². The van der Waals surface area contributed by atoms with E-state index in [2.05, 4.69) is 16.0 Å². The Bertz CT molecular complexity index is 1070. The Labute approximate surface area is 245 Å². The first-order chi connectivity index (χ1) is 19.7. The van der Waals surface area contributed by atoms with Gasteiger partial charge in [0, 0.05) is 11.8 Å². The molecule has 0 saturated heterocycles. The molecular weight excluding hydrogens is 548 g/mol. The van der Waals surface area contributed by atoms with Crippen molar-refractivity contribution in [2.75, 3.05) is 13.1 Å². The minimum Gasteiger partial charge on any atom is -0.445 e. The van der Waals surface area contributed by atoms with Crippen molar-refractivity contribution < 1.29 is 38.3 Å². The molecule has 0 bridgehead atoms. The fourth-order valence-corrected chi connectivity index (χ4v) is 3.03. The van der Waals surface area contributed by atoms with Crippen molar-refractivity contribution in [1.29, 1.82) is 0 Å². The van der Waals surface area contributed by atoms with E-state index < -0.39 is 48.2 Å². The lowest BCUT2D eigenvalue weighted by Crippen LogP contribution is -2.50. The van der Waals surface area contributed by atoms with Crippen LogP contribution in [0.1, 0.15) is 58.9 Å². The van der Waals surface area contributed by atoms with Crippen molar-refractivity contribution in [3.63, 3.8) is 0 Å². The van der Waals surface area contributed by atoms with Gasteiger partial charge in [-0.2, -0.15) is 0 Å². The summed E-state index contributed by atoms with van der Waals surface area (Å²) < 4.78 is 5.02. The van der Waals surface area contributed by atoms with Gasteiger partial charge in [0.15, 0.2) is 11.6 Å². The molecule has 0 fully saturated rings. The van der Waals surface area contributed by atoms with Crippen LogP contribution in [0.25, 0.3) is 0 Å². The number of amides is 5. The number of ketones is 2. The highest BCUT2D eigenvalue weighted by Crippen LogP contribution is 2.03. The Morgan fingerprint density at radius 3 is 1.69 bits per heavy atom. The third-order valence-electron chi connectivity index (χ3n) is 6.18. The number of Topliss-reactive ketones (excluding diaryl/α,β-unsaturated/α-hetero) is 2. The van der Waals surface area contributed by atoms with Crippen molar-refractivity contribution in [3.8, 4) is 0 Å². The van der Waals surface area contributed by atoms with Crippen LogP contribution in [0.4, 0.5) is 4.79 Å². The number of hydrogen-bond donors (Lipinski definition) is 6. The Morgan fingerprint density at radius 2 is 1.24 bits per heavy atom. The maximum absolute atomic E-state index is 12.2. The van der Waals surface area contributed by atoms with Crippen LogP contribution in [0.5, 0.6) is 0 Å². The Morgan fingerprint density at radius 1 is 0.762 bits per heavy atom. The highest BCUT2D eigenvalue weighted by Gasteiger charge is 2.24. The van der Waals surface area contributed by atoms with E-state index in [0.29, 0.717) is 6.42 Å². The zero-order chi connectivity index (χ0) is 32.2. The van der Waals surface area contributed by atoms with Gasteiger partial charge in [0.2, 0.25) is 23.6 Å². The zero-order valence-electron chi connectivity index (χ0n) is 24.6. The van der Waals surface area contributed by atoms with E-state index in [9.17, 15) is 33.6 Å². The quantitative estimate of drug-likeness (QED) is 0.140. The molecule has 0 unspecified atom stereocenters. The van der Waals surface area contributed by atoms with Gasteiger partial charge in [0.05, 0.1) is 32.0 Å². The molecule has 0 aromatic heterocycles. The normalized spacial score (nSPS) is 13.1. The molecule has 14 heteroatoms.